The highest BCUT2D eigenvalue weighted by molar-refractivity contribution is 5.57. The van der Waals surface area contributed by atoms with Gasteiger partial charge in [0, 0.05) is 6.04 Å². The van der Waals surface area contributed by atoms with Gasteiger partial charge < -0.3 is 17.2 Å². The van der Waals surface area contributed by atoms with Crippen LogP contribution >= 0.6 is 0 Å². The molecular weight excluding hydrogens is 202 g/mol. The molecule has 5 heteroatoms. The van der Waals surface area contributed by atoms with E-state index in [1.54, 1.807) is 10.9 Å². The van der Waals surface area contributed by atoms with Crippen molar-refractivity contribution in [2.75, 3.05) is 11.5 Å². The number of rotatable bonds is 5. The van der Waals surface area contributed by atoms with Gasteiger partial charge in [0.25, 0.3) is 0 Å². The van der Waals surface area contributed by atoms with Crippen LogP contribution < -0.4 is 17.2 Å². The molecule has 0 aliphatic rings. The summed E-state index contributed by atoms with van der Waals surface area (Å²) in [7, 11) is 0. The molecule has 0 fully saturated rings. The Balaban J connectivity index is 2.66. The number of hydrogen-bond donors (Lipinski definition) is 3. The fourth-order valence-corrected chi connectivity index (χ4v) is 1.82. The van der Waals surface area contributed by atoms with Gasteiger partial charge in [0.05, 0.1) is 17.4 Å². The molecule has 0 saturated heterocycles. The second kappa shape index (κ2) is 4.74. The summed E-state index contributed by atoms with van der Waals surface area (Å²) in [5.74, 6) is 0.547. The summed E-state index contributed by atoms with van der Waals surface area (Å²) < 4.78 is 1.80. The average Bonchev–Trinajstić information content (AvgIpc) is 2.47. The lowest BCUT2D eigenvalue weighted by atomic mass is 9.96. The zero-order chi connectivity index (χ0) is 12.3. The van der Waals surface area contributed by atoms with Gasteiger partial charge in [-0.05, 0) is 40.0 Å². The molecule has 5 nitrogen and oxygen atoms in total. The van der Waals surface area contributed by atoms with Crippen molar-refractivity contribution in [1.29, 1.82) is 0 Å². The second-order valence-electron chi connectivity index (χ2n) is 5.08. The maximum atomic E-state index is 5.87. The van der Waals surface area contributed by atoms with E-state index in [2.05, 4.69) is 18.9 Å². The Morgan fingerprint density at radius 1 is 1.44 bits per heavy atom. The van der Waals surface area contributed by atoms with Crippen molar-refractivity contribution in [3.05, 3.63) is 6.20 Å². The van der Waals surface area contributed by atoms with Gasteiger partial charge >= 0.3 is 0 Å². The predicted octanol–water partition coefficient (Wildman–Crippen LogP) is 1.30. The molecule has 0 aromatic carbocycles. The van der Waals surface area contributed by atoms with E-state index >= 15 is 0 Å². The van der Waals surface area contributed by atoms with Crippen LogP contribution in [0, 0.1) is 0 Å². The first-order chi connectivity index (χ1) is 7.34. The van der Waals surface area contributed by atoms with Crippen LogP contribution in [0.3, 0.4) is 0 Å². The van der Waals surface area contributed by atoms with Gasteiger partial charge in [-0.3, -0.25) is 0 Å². The molecule has 92 valence electrons. The van der Waals surface area contributed by atoms with E-state index in [4.69, 9.17) is 17.2 Å². The predicted molar refractivity (Wildman–Crippen MR) is 67.9 cm³/mol. The summed E-state index contributed by atoms with van der Waals surface area (Å²) in [6.45, 7) is 6.24. The van der Waals surface area contributed by atoms with Crippen molar-refractivity contribution in [1.82, 2.24) is 9.78 Å². The fourth-order valence-electron chi connectivity index (χ4n) is 1.82. The Bertz CT molecular complexity index is 340. The second-order valence-corrected chi connectivity index (χ2v) is 5.08. The highest BCUT2D eigenvalue weighted by Crippen LogP contribution is 2.27. The SMILES string of the molecule is CC(N)CCCC(C)(C)n1ncc(N)c1N. The number of anilines is 2. The smallest absolute Gasteiger partial charge is 0.145 e. The molecule has 0 aliphatic heterocycles. The van der Waals surface area contributed by atoms with Gasteiger partial charge in [-0.2, -0.15) is 5.10 Å². The molecule has 1 aromatic heterocycles. The first kappa shape index (κ1) is 12.8. The van der Waals surface area contributed by atoms with E-state index < -0.39 is 0 Å². The van der Waals surface area contributed by atoms with Gasteiger partial charge in [-0.25, -0.2) is 4.68 Å². The summed E-state index contributed by atoms with van der Waals surface area (Å²) in [6, 6.07) is 0.246. The van der Waals surface area contributed by atoms with E-state index in [1.807, 2.05) is 6.92 Å². The van der Waals surface area contributed by atoms with Crippen LogP contribution in [-0.2, 0) is 5.54 Å². The zero-order valence-electron chi connectivity index (χ0n) is 10.4. The lowest BCUT2D eigenvalue weighted by molar-refractivity contribution is 0.287. The first-order valence-corrected chi connectivity index (χ1v) is 5.69. The minimum atomic E-state index is -0.114. The van der Waals surface area contributed by atoms with Crippen LogP contribution in [0.5, 0.6) is 0 Å². The maximum Gasteiger partial charge on any atom is 0.145 e. The highest BCUT2D eigenvalue weighted by Gasteiger charge is 2.23. The third-order valence-electron chi connectivity index (χ3n) is 2.86. The molecule has 16 heavy (non-hydrogen) atoms. The Labute approximate surface area is 97.0 Å². The Hall–Kier alpha value is -1.23. The van der Waals surface area contributed by atoms with E-state index in [9.17, 15) is 0 Å². The number of nitrogens with zero attached hydrogens (tertiary/aromatic N) is 2. The Morgan fingerprint density at radius 2 is 2.06 bits per heavy atom. The third-order valence-corrected chi connectivity index (χ3v) is 2.86. The average molecular weight is 225 g/mol. The third kappa shape index (κ3) is 2.88. The minimum absolute atomic E-state index is 0.114. The van der Waals surface area contributed by atoms with Crippen molar-refractivity contribution in [3.63, 3.8) is 0 Å². The standard InChI is InChI=1S/C11H23N5/c1-8(12)5-4-6-11(2,3)16-10(14)9(13)7-15-16/h7-8H,4-6,12-14H2,1-3H3. The van der Waals surface area contributed by atoms with E-state index in [-0.39, 0.29) is 11.6 Å². The van der Waals surface area contributed by atoms with Crippen LogP contribution in [0.15, 0.2) is 6.20 Å². The number of nitrogen functional groups attached to an aromatic ring is 2. The topological polar surface area (TPSA) is 95.9 Å². The molecule has 6 N–H and O–H groups in total. The molecule has 0 saturated carbocycles. The molecule has 1 rings (SSSR count). The van der Waals surface area contributed by atoms with E-state index in [0.717, 1.165) is 19.3 Å². The molecule has 1 aromatic rings. The Kier molecular flexibility index (Phi) is 3.80. The lowest BCUT2D eigenvalue weighted by Crippen LogP contribution is -2.29. The quantitative estimate of drug-likeness (QED) is 0.703. The van der Waals surface area contributed by atoms with Gasteiger partial charge in [-0.1, -0.05) is 0 Å². The molecule has 1 unspecified atom stereocenters. The number of aromatic nitrogens is 2. The largest absolute Gasteiger partial charge is 0.394 e. The minimum Gasteiger partial charge on any atom is -0.394 e. The van der Waals surface area contributed by atoms with Crippen molar-refractivity contribution in [3.8, 4) is 0 Å². The summed E-state index contributed by atoms with van der Waals surface area (Å²) >= 11 is 0. The van der Waals surface area contributed by atoms with Crippen molar-refractivity contribution in [2.24, 2.45) is 5.73 Å². The fraction of sp³-hybridized carbons (Fsp3) is 0.727. The monoisotopic (exact) mass is 225 g/mol. The molecule has 0 aliphatic carbocycles. The van der Waals surface area contributed by atoms with Crippen LogP contribution in [-0.4, -0.2) is 15.8 Å². The summed E-state index contributed by atoms with van der Waals surface area (Å²) in [6.07, 6.45) is 4.66. The van der Waals surface area contributed by atoms with Crippen LogP contribution in [0.1, 0.15) is 40.0 Å². The van der Waals surface area contributed by atoms with Gasteiger partial charge in [0.15, 0.2) is 0 Å². The lowest BCUT2D eigenvalue weighted by Gasteiger charge is -2.26. The molecule has 1 heterocycles. The van der Waals surface area contributed by atoms with Crippen molar-refractivity contribution in [2.45, 2.75) is 51.6 Å². The maximum absolute atomic E-state index is 5.87. The number of nitrogens with two attached hydrogens (primary N) is 3. The van der Waals surface area contributed by atoms with Crippen molar-refractivity contribution >= 4 is 11.5 Å². The van der Waals surface area contributed by atoms with Crippen molar-refractivity contribution < 1.29 is 0 Å². The van der Waals surface area contributed by atoms with E-state index in [0.29, 0.717) is 11.5 Å². The summed E-state index contributed by atoms with van der Waals surface area (Å²) in [4.78, 5) is 0. The molecule has 0 radical (unpaired) electrons. The Morgan fingerprint density at radius 3 is 2.50 bits per heavy atom. The number of hydrogen-bond acceptors (Lipinski definition) is 4. The summed E-state index contributed by atoms with van der Waals surface area (Å²) in [5.41, 5.74) is 17.7. The molecule has 1 atom stereocenters. The van der Waals surface area contributed by atoms with Crippen LogP contribution in [0.25, 0.3) is 0 Å². The highest BCUT2D eigenvalue weighted by atomic mass is 15.3. The molecule has 0 bridgehead atoms. The van der Waals surface area contributed by atoms with Crippen LogP contribution in [0.4, 0.5) is 11.5 Å². The van der Waals surface area contributed by atoms with E-state index in [1.165, 1.54) is 0 Å². The summed E-state index contributed by atoms with van der Waals surface area (Å²) in [5, 5.41) is 4.22. The molecular formula is C11H23N5. The first-order valence-electron chi connectivity index (χ1n) is 5.69. The van der Waals surface area contributed by atoms with Gasteiger partial charge in [-0.15, -0.1) is 0 Å². The van der Waals surface area contributed by atoms with Crippen LogP contribution in [0.2, 0.25) is 0 Å². The zero-order valence-corrected chi connectivity index (χ0v) is 10.4. The molecule has 0 spiro atoms. The molecule has 0 amide bonds. The normalized spacial score (nSPS) is 14.0. The van der Waals surface area contributed by atoms with Gasteiger partial charge in [0.2, 0.25) is 0 Å². The van der Waals surface area contributed by atoms with Gasteiger partial charge in [0.1, 0.15) is 5.82 Å².